The van der Waals surface area contributed by atoms with E-state index in [1.807, 2.05) is 6.92 Å². The monoisotopic (exact) mass is 373 g/mol. The summed E-state index contributed by atoms with van der Waals surface area (Å²) in [5.74, 6) is 1.09. The first kappa shape index (κ1) is 16.6. The average Bonchev–Trinajstić information content (AvgIpc) is 3.28. The number of fused-ring (bicyclic) bond motifs is 1. The molecule has 0 atom stereocenters. The Morgan fingerprint density at radius 2 is 2.20 bits per heavy atom. The van der Waals surface area contributed by atoms with Gasteiger partial charge in [-0.15, -0.1) is 21.5 Å². The van der Waals surface area contributed by atoms with Gasteiger partial charge in [-0.05, 0) is 51.0 Å². The van der Waals surface area contributed by atoms with Crippen LogP contribution in [0.1, 0.15) is 53.6 Å². The van der Waals surface area contributed by atoms with Crippen LogP contribution in [0.15, 0.2) is 5.16 Å². The van der Waals surface area contributed by atoms with Crippen molar-refractivity contribution in [2.45, 2.75) is 56.6 Å². The molecule has 0 aliphatic heterocycles. The van der Waals surface area contributed by atoms with Crippen LogP contribution >= 0.6 is 23.1 Å². The number of amides is 1. The van der Waals surface area contributed by atoms with Gasteiger partial charge < -0.3 is 9.88 Å². The largest absolute Gasteiger partial charge is 0.316 e. The second-order valence-corrected chi connectivity index (χ2v) is 8.54. The van der Waals surface area contributed by atoms with Crippen molar-refractivity contribution in [3.63, 3.8) is 0 Å². The van der Waals surface area contributed by atoms with Gasteiger partial charge in [-0.2, -0.15) is 5.26 Å². The van der Waals surface area contributed by atoms with E-state index in [0.29, 0.717) is 16.6 Å². The molecule has 0 spiro atoms. The first-order valence-corrected chi connectivity index (χ1v) is 10.4. The molecule has 8 heteroatoms. The lowest BCUT2D eigenvalue weighted by atomic mass is 9.96. The number of anilines is 1. The molecule has 25 heavy (non-hydrogen) atoms. The summed E-state index contributed by atoms with van der Waals surface area (Å²) in [4.78, 5) is 13.6. The van der Waals surface area contributed by atoms with Gasteiger partial charge in [0.1, 0.15) is 16.9 Å². The second-order valence-electron chi connectivity index (χ2n) is 6.49. The van der Waals surface area contributed by atoms with Gasteiger partial charge in [0, 0.05) is 10.9 Å². The number of nitrogens with zero attached hydrogens (tertiary/aromatic N) is 4. The summed E-state index contributed by atoms with van der Waals surface area (Å²) < 4.78 is 2.13. The van der Waals surface area contributed by atoms with Crippen molar-refractivity contribution in [3.05, 3.63) is 21.8 Å². The van der Waals surface area contributed by atoms with Crippen molar-refractivity contribution in [1.82, 2.24) is 14.8 Å². The fraction of sp³-hybridized carbons (Fsp3) is 0.529. The van der Waals surface area contributed by atoms with Crippen molar-refractivity contribution in [3.8, 4) is 6.07 Å². The molecule has 1 saturated carbocycles. The van der Waals surface area contributed by atoms with Crippen molar-refractivity contribution in [2.24, 2.45) is 0 Å². The van der Waals surface area contributed by atoms with Crippen molar-refractivity contribution in [2.75, 3.05) is 11.1 Å². The number of nitrogens with one attached hydrogen (secondary N) is 1. The lowest BCUT2D eigenvalue weighted by Gasteiger charge is -2.09. The number of hydrogen-bond donors (Lipinski definition) is 1. The van der Waals surface area contributed by atoms with Crippen LogP contribution in [0.25, 0.3) is 0 Å². The van der Waals surface area contributed by atoms with Gasteiger partial charge in [-0.3, -0.25) is 4.79 Å². The topological polar surface area (TPSA) is 83.6 Å². The minimum Gasteiger partial charge on any atom is -0.316 e. The van der Waals surface area contributed by atoms with Crippen LogP contribution in [-0.4, -0.2) is 26.4 Å². The van der Waals surface area contributed by atoms with Crippen LogP contribution in [-0.2, 0) is 17.6 Å². The van der Waals surface area contributed by atoms with Crippen LogP contribution in [0.5, 0.6) is 0 Å². The van der Waals surface area contributed by atoms with Crippen molar-refractivity contribution < 1.29 is 4.79 Å². The van der Waals surface area contributed by atoms with Crippen LogP contribution in [0, 0.1) is 18.3 Å². The normalized spacial score (nSPS) is 16.3. The Balaban J connectivity index is 1.43. The molecule has 6 nitrogen and oxygen atoms in total. The molecule has 0 unspecified atom stereocenters. The molecule has 2 aromatic heterocycles. The Bertz CT molecular complexity index is 859. The quantitative estimate of drug-likeness (QED) is 0.812. The number of thiophene rings is 1. The molecular formula is C17H19N5OS2. The summed E-state index contributed by atoms with van der Waals surface area (Å²) in [6.07, 6.45) is 6.57. The summed E-state index contributed by atoms with van der Waals surface area (Å²) in [5, 5.41) is 22.2. The predicted octanol–water partition coefficient (Wildman–Crippen LogP) is 3.46. The highest BCUT2D eigenvalue weighted by atomic mass is 32.2. The number of carbonyl (C=O) groups excluding carboxylic acids is 1. The van der Waals surface area contributed by atoms with E-state index in [0.717, 1.165) is 55.1 Å². The molecule has 0 bridgehead atoms. The molecule has 1 fully saturated rings. The molecule has 0 radical (unpaired) electrons. The molecule has 2 heterocycles. The second kappa shape index (κ2) is 6.81. The first-order valence-electron chi connectivity index (χ1n) is 8.56. The Kier molecular flexibility index (Phi) is 4.52. The van der Waals surface area contributed by atoms with E-state index in [4.69, 9.17) is 0 Å². The lowest BCUT2D eigenvalue weighted by Crippen LogP contribution is -2.14. The Labute approximate surface area is 154 Å². The number of aryl methyl sites for hydroxylation is 2. The van der Waals surface area contributed by atoms with Crippen LogP contribution in [0.4, 0.5) is 5.00 Å². The van der Waals surface area contributed by atoms with Gasteiger partial charge in [0.15, 0.2) is 5.16 Å². The predicted molar refractivity (Wildman–Crippen MR) is 98.1 cm³/mol. The molecule has 1 N–H and O–H groups in total. The van der Waals surface area contributed by atoms with Crippen molar-refractivity contribution >= 4 is 34.0 Å². The molecule has 4 rings (SSSR count). The number of rotatable bonds is 5. The zero-order chi connectivity index (χ0) is 17.4. The molecule has 0 saturated heterocycles. The van der Waals surface area contributed by atoms with Gasteiger partial charge in [0.25, 0.3) is 0 Å². The first-order chi connectivity index (χ1) is 12.2. The molecular weight excluding hydrogens is 354 g/mol. The lowest BCUT2D eigenvalue weighted by molar-refractivity contribution is -0.113. The highest BCUT2D eigenvalue weighted by Gasteiger charge is 2.28. The maximum atomic E-state index is 12.4. The van der Waals surface area contributed by atoms with Gasteiger partial charge in [0.2, 0.25) is 5.91 Å². The number of hydrogen-bond acceptors (Lipinski definition) is 6. The smallest absolute Gasteiger partial charge is 0.235 e. The van der Waals surface area contributed by atoms with Gasteiger partial charge in [-0.25, -0.2) is 0 Å². The van der Waals surface area contributed by atoms with E-state index in [1.54, 1.807) is 11.3 Å². The maximum Gasteiger partial charge on any atom is 0.235 e. The van der Waals surface area contributed by atoms with Gasteiger partial charge in [-0.1, -0.05) is 11.8 Å². The minimum absolute atomic E-state index is 0.0944. The number of carbonyl (C=O) groups is 1. The fourth-order valence-corrected chi connectivity index (χ4v) is 5.37. The standard InChI is InChI=1S/C17H19N5OS2/c1-10-20-21-17(22(10)11-6-7-11)24-9-15(23)19-16-13(8-18)12-4-2-3-5-14(12)25-16/h11H,2-7,9H2,1H3,(H,19,23). The third kappa shape index (κ3) is 3.31. The maximum absolute atomic E-state index is 12.4. The molecule has 2 aromatic rings. The summed E-state index contributed by atoms with van der Waals surface area (Å²) in [5.41, 5.74) is 1.81. The van der Waals surface area contributed by atoms with Gasteiger partial charge in [0.05, 0.1) is 11.3 Å². The minimum atomic E-state index is -0.0944. The van der Waals surface area contributed by atoms with E-state index >= 15 is 0 Å². The molecule has 130 valence electrons. The third-order valence-corrected chi connectivity index (χ3v) is 6.77. The van der Waals surface area contributed by atoms with Crippen LogP contribution in [0.3, 0.4) is 0 Å². The number of thioether (sulfide) groups is 1. The summed E-state index contributed by atoms with van der Waals surface area (Å²) >= 11 is 2.97. The highest BCUT2D eigenvalue weighted by Crippen LogP contribution is 2.39. The fourth-order valence-electron chi connectivity index (χ4n) is 3.27. The van der Waals surface area contributed by atoms with Crippen LogP contribution < -0.4 is 5.32 Å². The SMILES string of the molecule is Cc1nnc(SCC(=O)Nc2sc3c(c2C#N)CCCC3)n1C1CC1. The zero-order valence-corrected chi connectivity index (χ0v) is 15.7. The van der Waals surface area contributed by atoms with E-state index in [2.05, 4.69) is 26.2 Å². The van der Waals surface area contributed by atoms with E-state index in [9.17, 15) is 10.1 Å². The van der Waals surface area contributed by atoms with E-state index < -0.39 is 0 Å². The molecule has 1 amide bonds. The Hall–Kier alpha value is -1.85. The average molecular weight is 374 g/mol. The molecule has 2 aliphatic rings. The Morgan fingerprint density at radius 3 is 2.96 bits per heavy atom. The number of nitriles is 1. The van der Waals surface area contributed by atoms with Gasteiger partial charge >= 0.3 is 0 Å². The highest BCUT2D eigenvalue weighted by molar-refractivity contribution is 7.99. The Morgan fingerprint density at radius 1 is 1.40 bits per heavy atom. The van der Waals surface area contributed by atoms with Crippen LogP contribution in [0.2, 0.25) is 0 Å². The molecule has 0 aromatic carbocycles. The molecule has 2 aliphatic carbocycles. The zero-order valence-electron chi connectivity index (χ0n) is 14.0. The van der Waals surface area contributed by atoms with E-state index in [1.165, 1.54) is 16.6 Å². The summed E-state index contributed by atoms with van der Waals surface area (Å²) in [7, 11) is 0. The van der Waals surface area contributed by atoms with Crippen molar-refractivity contribution in [1.29, 1.82) is 5.26 Å². The summed E-state index contributed by atoms with van der Waals surface area (Å²) in [6.45, 7) is 1.95. The number of aromatic nitrogens is 3. The summed E-state index contributed by atoms with van der Waals surface area (Å²) in [6, 6.07) is 2.78. The third-order valence-electron chi connectivity index (χ3n) is 4.62. The van der Waals surface area contributed by atoms with E-state index in [-0.39, 0.29) is 11.7 Å².